The Labute approximate surface area is 126 Å². The lowest BCUT2D eigenvalue weighted by atomic mass is 10.1. The number of nitriles is 1. The summed E-state index contributed by atoms with van der Waals surface area (Å²) in [5, 5.41) is 8.96. The second-order valence-electron chi connectivity index (χ2n) is 4.13. The Hall–Kier alpha value is -1.50. The van der Waals surface area contributed by atoms with Gasteiger partial charge in [0.05, 0.1) is 11.6 Å². The van der Waals surface area contributed by atoms with E-state index in [0.717, 1.165) is 21.4 Å². The minimum atomic E-state index is 0.449. The van der Waals surface area contributed by atoms with Gasteiger partial charge in [0.2, 0.25) is 0 Å². The number of rotatable bonds is 3. The van der Waals surface area contributed by atoms with Crippen molar-refractivity contribution in [3.05, 3.63) is 58.1 Å². The van der Waals surface area contributed by atoms with Crippen LogP contribution < -0.4 is 4.90 Å². The molecule has 2 rings (SSSR count). The third-order valence-corrected chi connectivity index (χ3v) is 3.70. The van der Waals surface area contributed by atoms with Gasteiger partial charge in [-0.05, 0) is 35.9 Å². The van der Waals surface area contributed by atoms with Crippen LogP contribution in [-0.2, 0) is 5.88 Å². The Balaban J connectivity index is 2.46. The highest BCUT2D eigenvalue weighted by Crippen LogP contribution is 2.31. The third-order valence-electron chi connectivity index (χ3n) is 2.92. The molecule has 0 radical (unpaired) electrons. The number of hydrogen-bond acceptors (Lipinski definition) is 2. The average Bonchev–Trinajstić information content (AvgIpc) is 2.46. The van der Waals surface area contributed by atoms with E-state index in [1.54, 1.807) is 6.07 Å². The molecule has 0 fully saturated rings. The van der Waals surface area contributed by atoms with E-state index >= 15 is 0 Å². The monoisotopic (exact) mass is 334 g/mol. The number of alkyl halides is 1. The van der Waals surface area contributed by atoms with Crippen molar-refractivity contribution in [2.45, 2.75) is 5.88 Å². The largest absolute Gasteiger partial charge is 0.344 e. The van der Waals surface area contributed by atoms with Gasteiger partial charge in [-0.3, -0.25) is 0 Å². The van der Waals surface area contributed by atoms with Gasteiger partial charge >= 0.3 is 0 Å². The van der Waals surface area contributed by atoms with Crippen LogP contribution in [0.2, 0.25) is 0 Å². The SMILES string of the molecule is CN(c1cccc(C#N)c1)c1cc(Br)ccc1CCl. The summed E-state index contributed by atoms with van der Waals surface area (Å²) in [5.74, 6) is 0.449. The second kappa shape index (κ2) is 6.10. The van der Waals surface area contributed by atoms with Crippen LogP contribution in [-0.4, -0.2) is 7.05 Å². The maximum atomic E-state index is 8.96. The third kappa shape index (κ3) is 3.09. The molecule has 0 bridgehead atoms. The Morgan fingerprint density at radius 3 is 2.74 bits per heavy atom. The van der Waals surface area contributed by atoms with Crippen molar-refractivity contribution in [1.29, 1.82) is 5.26 Å². The van der Waals surface area contributed by atoms with Crippen LogP contribution in [0.25, 0.3) is 0 Å². The lowest BCUT2D eigenvalue weighted by molar-refractivity contribution is 1.17. The summed E-state index contributed by atoms with van der Waals surface area (Å²) in [5.41, 5.74) is 3.68. The summed E-state index contributed by atoms with van der Waals surface area (Å²) in [6, 6.07) is 15.6. The zero-order valence-electron chi connectivity index (χ0n) is 10.4. The van der Waals surface area contributed by atoms with Gasteiger partial charge in [0.25, 0.3) is 0 Å². The van der Waals surface area contributed by atoms with E-state index in [9.17, 15) is 0 Å². The Bertz CT molecular complexity index is 634. The van der Waals surface area contributed by atoms with Gasteiger partial charge in [0, 0.05) is 28.8 Å². The van der Waals surface area contributed by atoms with E-state index in [2.05, 4.69) is 22.0 Å². The van der Waals surface area contributed by atoms with E-state index < -0.39 is 0 Å². The molecule has 0 aliphatic carbocycles. The van der Waals surface area contributed by atoms with Crippen molar-refractivity contribution >= 4 is 38.9 Å². The molecular weight excluding hydrogens is 324 g/mol. The minimum absolute atomic E-state index is 0.449. The van der Waals surface area contributed by atoms with Gasteiger partial charge in [-0.2, -0.15) is 5.26 Å². The lowest BCUT2D eigenvalue weighted by Crippen LogP contribution is -2.11. The van der Waals surface area contributed by atoms with Gasteiger partial charge in [-0.25, -0.2) is 0 Å². The van der Waals surface area contributed by atoms with Gasteiger partial charge < -0.3 is 4.90 Å². The van der Waals surface area contributed by atoms with Gasteiger partial charge in [-0.1, -0.05) is 28.1 Å². The highest BCUT2D eigenvalue weighted by molar-refractivity contribution is 9.10. The standard InChI is InChI=1S/C15H12BrClN2/c1-19(14-4-2-3-11(7-14)10-18)15-8-13(16)6-5-12(15)9-17/h2-8H,9H2,1H3. The average molecular weight is 336 g/mol. The van der Waals surface area contributed by atoms with Crippen LogP contribution in [0.3, 0.4) is 0 Å². The molecule has 0 amide bonds. The summed E-state index contributed by atoms with van der Waals surface area (Å²) >= 11 is 9.45. The first kappa shape index (κ1) is 13.9. The molecule has 0 aromatic heterocycles. The molecular formula is C15H12BrClN2. The molecule has 0 aliphatic heterocycles. The van der Waals surface area contributed by atoms with Gasteiger partial charge in [-0.15, -0.1) is 11.6 Å². The summed E-state index contributed by atoms with van der Waals surface area (Å²) < 4.78 is 1.000. The van der Waals surface area contributed by atoms with Gasteiger partial charge in [0.1, 0.15) is 0 Å². The van der Waals surface area contributed by atoms with E-state index in [-0.39, 0.29) is 0 Å². The fourth-order valence-corrected chi connectivity index (χ4v) is 2.46. The van der Waals surface area contributed by atoms with E-state index in [0.29, 0.717) is 11.4 Å². The molecule has 0 saturated heterocycles. The molecule has 2 aromatic carbocycles. The van der Waals surface area contributed by atoms with Crippen molar-refractivity contribution < 1.29 is 0 Å². The molecule has 4 heteroatoms. The molecule has 0 unspecified atom stereocenters. The number of hydrogen-bond donors (Lipinski definition) is 0. The molecule has 0 spiro atoms. The van der Waals surface area contributed by atoms with Crippen molar-refractivity contribution in [3.8, 4) is 6.07 Å². The molecule has 19 heavy (non-hydrogen) atoms. The molecule has 0 N–H and O–H groups in total. The smallest absolute Gasteiger partial charge is 0.0992 e. The summed E-state index contributed by atoms with van der Waals surface area (Å²) in [6.45, 7) is 0. The van der Waals surface area contributed by atoms with Crippen LogP contribution in [0, 0.1) is 11.3 Å². The maximum Gasteiger partial charge on any atom is 0.0992 e. The zero-order chi connectivity index (χ0) is 13.8. The Morgan fingerprint density at radius 1 is 1.26 bits per heavy atom. The molecule has 2 nitrogen and oxygen atoms in total. The fourth-order valence-electron chi connectivity index (χ4n) is 1.89. The summed E-state index contributed by atoms with van der Waals surface area (Å²) in [6.07, 6.45) is 0. The molecule has 0 saturated carbocycles. The van der Waals surface area contributed by atoms with Crippen LogP contribution in [0.1, 0.15) is 11.1 Å². The molecule has 0 heterocycles. The number of nitrogens with zero attached hydrogens (tertiary/aromatic N) is 2. The number of halogens is 2. The predicted octanol–water partition coefficient (Wildman–Crippen LogP) is 4.83. The van der Waals surface area contributed by atoms with Crippen LogP contribution in [0.4, 0.5) is 11.4 Å². The first-order valence-corrected chi connectivity index (χ1v) is 7.06. The topological polar surface area (TPSA) is 27.0 Å². The summed E-state index contributed by atoms with van der Waals surface area (Å²) in [7, 11) is 1.97. The van der Waals surface area contributed by atoms with Crippen LogP contribution in [0.15, 0.2) is 46.9 Å². The highest BCUT2D eigenvalue weighted by Gasteiger charge is 2.10. The Kier molecular flexibility index (Phi) is 4.47. The van der Waals surface area contributed by atoms with Crippen LogP contribution in [0.5, 0.6) is 0 Å². The van der Waals surface area contributed by atoms with Crippen molar-refractivity contribution in [2.24, 2.45) is 0 Å². The molecule has 0 aliphatic rings. The maximum absolute atomic E-state index is 8.96. The fraction of sp³-hybridized carbons (Fsp3) is 0.133. The van der Waals surface area contributed by atoms with E-state index in [4.69, 9.17) is 16.9 Å². The van der Waals surface area contributed by atoms with Crippen molar-refractivity contribution in [3.63, 3.8) is 0 Å². The second-order valence-corrected chi connectivity index (χ2v) is 5.31. The van der Waals surface area contributed by atoms with Crippen LogP contribution >= 0.6 is 27.5 Å². The molecule has 96 valence electrons. The quantitative estimate of drug-likeness (QED) is 0.751. The van der Waals surface area contributed by atoms with Crippen molar-refractivity contribution in [2.75, 3.05) is 11.9 Å². The first-order chi connectivity index (χ1) is 9.15. The van der Waals surface area contributed by atoms with E-state index in [1.807, 2.05) is 48.3 Å². The van der Waals surface area contributed by atoms with Gasteiger partial charge in [0.15, 0.2) is 0 Å². The minimum Gasteiger partial charge on any atom is -0.344 e. The Morgan fingerprint density at radius 2 is 2.05 bits per heavy atom. The predicted molar refractivity (Wildman–Crippen MR) is 82.9 cm³/mol. The summed E-state index contributed by atoms with van der Waals surface area (Å²) in [4.78, 5) is 2.03. The normalized spacial score (nSPS) is 10.0. The zero-order valence-corrected chi connectivity index (χ0v) is 12.7. The molecule has 0 atom stereocenters. The highest BCUT2D eigenvalue weighted by atomic mass is 79.9. The number of anilines is 2. The lowest BCUT2D eigenvalue weighted by Gasteiger charge is -2.22. The van der Waals surface area contributed by atoms with E-state index in [1.165, 1.54) is 0 Å². The molecule has 2 aromatic rings. The first-order valence-electron chi connectivity index (χ1n) is 5.74. The van der Waals surface area contributed by atoms with Crippen molar-refractivity contribution in [1.82, 2.24) is 0 Å². The number of benzene rings is 2.